The Morgan fingerprint density at radius 2 is 2.26 bits per heavy atom. The first kappa shape index (κ1) is 14.0. The quantitative estimate of drug-likeness (QED) is 0.605. The fourth-order valence-electron chi connectivity index (χ4n) is 1.23. The SMILES string of the molecule is Nc1cccc(SCCS(=O)(=O)Nc2nnns2)c1. The highest BCUT2D eigenvalue weighted by Gasteiger charge is 2.12. The Kier molecular flexibility index (Phi) is 4.56. The van der Waals surface area contributed by atoms with E-state index in [1.165, 1.54) is 11.8 Å². The van der Waals surface area contributed by atoms with Crippen LogP contribution in [0.15, 0.2) is 29.2 Å². The summed E-state index contributed by atoms with van der Waals surface area (Å²) in [5.41, 5.74) is 6.30. The number of hydrogen-bond donors (Lipinski definition) is 2. The molecule has 0 saturated carbocycles. The van der Waals surface area contributed by atoms with Gasteiger partial charge in [-0.05, 0) is 23.4 Å². The van der Waals surface area contributed by atoms with Crippen molar-refractivity contribution in [1.82, 2.24) is 14.8 Å². The van der Waals surface area contributed by atoms with Crippen LogP contribution in [0.1, 0.15) is 0 Å². The summed E-state index contributed by atoms with van der Waals surface area (Å²) in [6, 6.07) is 7.30. The molecule has 102 valence electrons. The maximum atomic E-state index is 11.7. The molecule has 0 amide bonds. The third-order valence-electron chi connectivity index (χ3n) is 2.02. The van der Waals surface area contributed by atoms with Gasteiger partial charge >= 0.3 is 0 Å². The van der Waals surface area contributed by atoms with Crippen LogP contribution in [-0.4, -0.2) is 34.7 Å². The molecule has 19 heavy (non-hydrogen) atoms. The predicted octanol–water partition coefficient (Wildman–Crippen LogP) is 1.05. The normalized spacial score (nSPS) is 11.4. The van der Waals surface area contributed by atoms with Crippen molar-refractivity contribution in [2.24, 2.45) is 0 Å². The van der Waals surface area contributed by atoms with Crippen LogP contribution in [0.5, 0.6) is 0 Å². The van der Waals surface area contributed by atoms with Gasteiger partial charge in [0.2, 0.25) is 15.2 Å². The maximum absolute atomic E-state index is 11.7. The van der Waals surface area contributed by atoms with E-state index in [9.17, 15) is 8.42 Å². The van der Waals surface area contributed by atoms with E-state index in [0.29, 0.717) is 11.4 Å². The first-order valence-electron chi connectivity index (χ1n) is 5.19. The number of nitrogens with one attached hydrogen (secondary N) is 1. The Morgan fingerprint density at radius 3 is 2.95 bits per heavy atom. The molecule has 10 heteroatoms. The lowest BCUT2D eigenvalue weighted by Crippen LogP contribution is -2.18. The summed E-state index contributed by atoms with van der Waals surface area (Å²) < 4.78 is 29.2. The summed E-state index contributed by atoms with van der Waals surface area (Å²) >= 11 is 2.32. The van der Waals surface area contributed by atoms with E-state index >= 15 is 0 Å². The number of rotatable bonds is 6. The van der Waals surface area contributed by atoms with Crippen LogP contribution in [0, 0.1) is 0 Å². The Balaban J connectivity index is 1.85. The molecule has 3 N–H and O–H groups in total. The van der Waals surface area contributed by atoms with E-state index in [-0.39, 0.29) is 10.9 Å². The summed E-state index contributed by atoms with van der Waals surface area (Å²) in [5.74, 6) is 0.400. The maximum Gasteiger partial charge on any atom is 0.238 e. The molecule has 0 aliphatic heterocycles. The molecule has 7 nitrogen and oxygen atoms in total. The molecule has 0 saturated heterocycles. The van der Waals surface area contributed by atoms with Crippen molar-refractivity contribution in [3.63, 3.8) is 0 Å². The Morgan fingerprint density at radius 1 is 1.42 bits per heavy atom. The number of anilines is 2. The minimum absolute atomic E-state index is 0.0218. The molecule has 2 rings (SSSR count). The van der Waals surface area contributed by atoms with Gasteiger partial charge in [-0.3, -0.25) is 4.72 Å². The lowest BCUT2D eigenvalue weighted by molar-refractivity contribution is 0.602. The highest BCUT2D eigenvalue weighted by molar-refractivity contribution is 8.01. The van der Waals surface area contributed by atoms with Crippen molar-refractivity contribution in [3.05, 3.63) is 24.3 Å². The number of nitrogen functional groups attached to an aromatic ring is 1. The molecule has 2 aromatic rings. The zero-order valence-electron chi connectivity index (χ0n) is 9.68. The molecule has 0 radical (unpaired) electrons. The van der Waals surface area contributed by atoms with Gasteiger partial charge in [0.15, 0.2) is 0 Å². The first-order chi connectivity index (χ1) is 9.05. The second kappa shape index (κ2) is 6.17. The molecular formula is C9H11N5O2S3. The Labute approximate surface area is 118 Å². The lowest BCUT2D eigenvalue weighted by atomic mass is 10.3. The Bertz CT molecular complexity index is 629. The molecule has 1 heterocycles. The average molecular weight is 317 g/mol. The minimum Gasteiger partial charge on any atom is -0.399 e. The van der Waals surface area contributed by atoms with Gasteiger partial charge in [-0.1, -0.05) is 15.7 Å². The number of benzene rings is 1. The molecular weight excluding hydrogens is 306 g/mol. The van der Waals surface area contributed by atoms with Crippen molar-refractivity contribution in [2.45, 2.75) is 4.90 Å². The molecule has 0 bridgehead atoms. The van der Waals surface area contributed by atoms with E-state index in [1.54, 1.807) is 12.1 Å². The molecule has 0 unspecified atom stereocenters. The van der Waals surface area contributed by atoms with Gasteiger partial charge in [0.1, 0.15) is 0 Å². The number of aromatic nitrogens is 3. The van der Waals surface area contributed by atoms with E-state index in [1.807, 2.05) is 12.1 Å². The fourth-order valence-corrected chi connectivity index (χ4v) is 4.23. The zero-order valence-corrected chi connectivity index (χ0v) is 12.1. The van der Waals surface area contributed by atoms with E-state index in [4.69, 9.17) is 5.73 Å². The van der Waals surface area contributed by atoms with Gasteiger partial charge in [0.25, 0.3) is 0 Å². The van der Waals surface area contributed by atoms with Crippen molar-refractivity contribution >= 4 is 44.1 Å². The van der Waals surface area contributed by atoms with Crippen molar-refractivity contribution in [2.75, 3.05) is 22.0 Å². The minimum atomic E-state index is -3.42. The summed E-state index contributed by atoms with van der Waals surface area (Å²) in [6.45, 7) is 0. The average Bonchev–Trinajstić information content (AvgIpc) is 2.80. The highest BCUT2D eigenvalue weighted by Crippen LogP contribution is 2.20. The summed E-state index contributed by atoms with van der Waals surface area (Å²) in [5, 5.41) is 7.01. The standard InChI is InChI=1S/C9H11N5O2S3/c10-7-2-1-3-8(6-7)17-4-5-19(15,16)12-9-11-13-14-18-9/h1-3,6H,4-5,10H2,(H,11,12,14). The van der Waals surface area contributed by atoms with Crippen LogP contribution in [-0.2, 0) is 10.0 Å². The number of sulfonamides is 1. The van der Waals surface area contributed by atoms with Crippen molar-refractivity contribution < 1.29 is 8.42 Å². The Hall–Kier alpha value is -1.39. The molecule has 0 spiro atoms. The number of thioether (sulfide) groups is 1. The van der Waals surface area contributed by atoms with Crippen LogP contribution in [0.4, 0.5) is 10.8 Å². The van der Waals surface area contributed by atoms with E-state index < -0.39 is 10.0 Å². The predicted molar refractivity (Wildman–Crippen MR) is 76.7 cm³/mol. The van der Waals surface area contributed by atoms with Crippen LogP contribution >= 0.6 is 23.3 Å². The monoisotopic (exact) mass is 317 g/mol. The summed E-state index contributed by atoms with van der Waals surface area (Å²) in [6.07, 6.45) is 0. The second-order valence-corrected chi connectivity index (χ2v) is 7.25. The molecule has 1 aromatic carbocycles. The van der Waals surface area contributed by atoms with Gasteiger partial charge in [0, 0.05) is 27.9 Å². The van der Waals surface area contributed by atoms with Crippen LogP contribution in [0.2, 0.25) is 0 Å². The van der Waals surface area contributed by atoms with Crippen LogP contribution in [0.25, 0.3) is 0 Å². The molecule has 1 aromatic heterocycles. The summed E-state index contributed by atoms with van der Waals surface area (Å²) in [4.78, 5) is 0.938. The fraction of sp³-hybridized carbons (Fsp3) is 0.222. The van der Waals surface area contributed by atoms with Gasteiger partial charge in [-0.15, -0.1) is 11.8 Å². The molecule has 0 atom stereocenters. The topological polar surface area (TPSA) is 111 Å². The summed E-state index contributed by atoms with van der Waals surface area (Å²) in [7, 11) is -3.42. The highest BCUT2D eigenvalue weighted by atomic mass is 32.2. The number of nitrogens with zero attached hydrogens (tertiary/aromatic N) is 3. The second-order valence-electron chi connectivity index (χ2n) is 3.51. The van der Waals surface area contributed by atoms with E-state index in [2.05, 4.69) is 19.5 Å². The van der Waals surface area contributed by atoms with Crippen LogP contribution < -0.4 is 10.5 Å². The van der Waals surface area contributed by atoms with Crippen molar-refractivity contribution in [3.8, 4) is 0 Å². The van der Waals surface area contributed by atoms with Gasteiger partial charge in [0.05, 0.1) is 5.75 Å². The zero-order chi connectivity index (χ0) is 13.7. The molecule has 0 aliphatic rings. The third-order valence-corrected chi connectivity index (χ3v) is 5.16. The first-order valence-corrected chi connectivity index (χ1v) is 8.60. The van der Waals surface area contributed by atoms with Gasteiger partial charge in [-0.2, -0.15) is 0 Å². The van der Waals surface area contributed by atoms with E-state index in [0.717, 1.165) is 16.4 Å². The van der Waals surface area contributed by atoms with Gasteiger partial charge in [-0.25, -0.2) is 8.42 Å². The number of nitrogens with two attached hydrogens (primary N) is 1. The lowest BCUT2D eigenvalue weighted by Gasteiger charge is -2.04. The van der Waals surface area contributed by atoms with Crippen LogP contribution in [0.3, 0.4) is 0 Å². The largest absolute Gasteiger partial charge is 0.399 e. The molecule has 0 fully saturated rings. The van der Waals surface area contributed by atoms with Gasteiger partial charge < -0.3 is 5.73 Å². The smallest absolute Gasteiger partial charge is 0.238 e. The van der Waals surface area contributed by atoms with Crippen molar-refractivity contribution in [1.29, 1.82) is 0 Å². The third kappa shape index (κ3) is 4.65. The molecule has 0 aliphatic carbocycles. The number of hydrogen-bond acceptors (Lipinski definition) is 8.